The molecule has 1 aliphatic rings. The minimum Gasteiger partial charge on any atom is -0.490 e. The molecule has 1 aromatic heterocycles. The second-order valence-electron chi connectivity index (χ2n) is 7.42. The van der Waals surface area contributed by atoms with Crippen molar-refractivity contribution in [3.8, 4) is 5.75 Å². The lowest BCUT2D eigenvalue weighted by atomic mass is 10.1. The predicted molar refractivity (Wildman–Crippen MR) is 119 cm³/mol. The Morgan fingerprint density at radius 1 is 1.03 bits per heavy atom. The van der Waals surface area contributed by atoms with Gasteiger partial charge in [-0.3, -0.25) is 9.59 Å². The predicted octanol–water partition coefficient (Wildman–Crippen LogP) is 4.99. The monoisotopic (exact) mass is 420 g/mol. The Labute approximate surface area is 180 Å². The van der Waals surface area contributed by atoms with Crippen LogP contribution < -0.4 is 10.1 Å². The van der Waals surface area contributed by atoms with Crippen LogP contribution in [0, 0.1) is 6.92 Å². The van der Waals surface area contributed by atoms with Crippen molar-refractivity contribution >= 4 is 28.8 Å². The maximum absolute atomic E-state index is 12.5. The molecule has 0 atom stereocenters. The molecular formula is C24H24N2O3S. The van der Waals surface area contributed by atoms with Crippen LogP contribution in [0.1, 0.15) is 39.1 Å². The summed E-state index contributed by atoms with van der Waals surface area (Å²) in [7, 11) is 0. The molecule has 30 heavy (non-hydrogen) atoms. The van der Waals surface area contributed by atoms with E-state index in [1.54, 1.807) is 12.1 Å². The van der Waals surface area contributed by atoms with Crippen molar-refractivity contribution in [1.29, 1.82) is 0 Å². The van der Waals surface area contributed by atoms with E-state index in [0.717, 1.165) is 29.7 Å². The van der Waals surface area contributed by atoms with E-state index in [2.05, 4.69) is 5.32 Å². The molecule has 0 aliphatic carbocycles. The fraction of sp³-hybridized carbons (Fsp3) is 0.250. The van der Waals surface area contributed by atoms with E-state index in [-0.39, 0.29) is 17.9 Å². The molecule has 0 unspecified atom stereocenters. The standard InChI is InChI=1S/C24H24N2O3S/c1-17-7-8-20(25-23(27)18-5-3-2-4-6-18)15-22(17)29-21-9-12-26(13-10-21)24(28)19-11-14-30-16-19/h2-8,11,14-16,21H,9-10,12-13H2,1H3,(H,25,27). The van der Waals surface area contributed by atoms with Gasteiger partial charge in [-0.1, -0.05) is 24.3 Å². The smallest absolute Gasteiger partial charge is 0.255 e. The number of anilines is 1. The number of rotatable bonds is 5. The number of nitrogens with zero attached hydrogens (tertiary/aromatic N) is 1. The minimum absolute atomic E-state index is 0.0512. The molecule has 0 bridgehead atoms. The van der Waals surface area contributed by atoms with Crippen molar-refractivity contribution in [2.45, 2.75) is 25.9 Å². The van der Waals surface area contributed by atoms with Gasteiger partial charge in [-0.05, 0) is 42.1 Å². The normalized spacial score (nSPS) is 14.4. The summed E-state index contributed by atoms with van der Waals surface area (Å²) in [5, 5.41) is 6.75. The number of hydrogen-bond donors (Lipinski definition) is 1. The van der Waals surface area contributed by atoms with Gasteiger partial charge in [-0.15, -0.1) is 0 Å². The third-order valence-electron chi connectivity index (χ3n) is 5.27. The van der Waals surface area contributed by atoms with Crippen LogP contribution in [-0.4, -0.2) is 35.9 Å². The van der Waals surface area contributed by atoms with Crippen LogP contribution in [0.3, 0.4) is 0 Å². The van der Waals surface area contributed by atoms with Crippen molar-refractivity contribution in [3.63, 3.8) is 0 Å². The van der Waals surface area contributed by atoms with Gasteiger partial charge in [-0.25, -0.2) is 0 Å². The zero-order valence-corrected chi connectivity index (χ0v) is 17.7. The van der Waals surface area contributed by atoms with Gasteiger partial charge in [0.15, 0.2) is 0 Å². The van der Waals surface area contributed by atoms with Crippen LogP contribution in [0.15, 0.2) is 65.4 Å². The number of piperidine rings is 1. The maximum atomic E-state index is 12.5. The first-order valence-corrected chi connectivity index (χ1v) is 11.0. The van der Waals surface area contributed by atoms with Gasteiger partial charge >= 0.3 is 0 Å². The first-order chi connectivity index (χ1) is 14.6. The third-order valence-corrected chi connectivity index (χ3v) is 5.96. The molecule has 4 rings (SSSR count). The van der Waals surface area contributed by atoms with Crippen LogP contribution >= 0.6 is 11.3 Å². The van der Waals surface area contributed by atoms with Gasteiger partial charge in [0.1, 0.15) is 11.9 Å². The molecule has 6 heteroatoms. The molecule has 1 N–H and O–H groups in total. The molecule has 1 saturated heterocycles. The summed E-state index contributed by atoms with van der Waals surface area (Å²) < 4.78 is 6.25. The van der Waals surface area contributed by atoms with E-state index >= 15 is 0 Å². The van der Waals surface area contributed by atoms with E-state index in [0.29, 0.717) is 24.3 Å². The Hall–Kier alpha value is -3.12. The summed E-state index contributed by atoms with van der Waals surface area (Å²) in [6.45, 7) is 3.36. The van der Waals surface area contributed by atoms with Crippen LogP contribution in [-0.2, 0) is 0 Å². The molecule has 0 saturated carbocycles. The maximum Gasteiger partial charge on any atom is 0.255 e. The van der Waals surface area contributed by atoms with Crippen molar-refractivity contribution in [2.75, 3.05) is 18.4 Å². The van der Waals surface area contributed by atoms with Gasteiger partial charge in [0, 0.05) is 48.6 Å². The Balaban J connectivity index is 1.36. The summed E-state index contributed by atoms with van der Waals surface area (Å²) in [6.07, 6.45) is 1.63. The van der Waals surface area contributed by atoms with Crippen LogP contribution in [0.25, 0.3) is 0 Å². The fourth-order valence-electron chi connectivity index (χ4n) is 3.52. The number of hydrogen-bond acceptors (Lipinski definition) is 4. The number of thiophene rings is 1. The SMILES string of the molecule is Cc1ccc(NC(=O)c2ccccc2)cc1OC1CCN(C(=O)c2ccsc2)CC1. The first-order valence-electron chi connectivity index (χ1n) is 10.1. The number of benzene rings is 2. The van der Waals surface area contributed by atoms with E-state index in [1.165, 1.54) is 11.3 Å². The Bertz CT molecular complexity index is 1010. The summed E-state index contributed by atoms with van der Waals surface area (Å²) in [6, 6.07) is 16.7. The summed E-state index contributed by atoms with van der Waals surface area (Å²) in [5.74, 6) is 0.714. The number of ether oxygens (including phenoxy) is 1. The lowest BCUT2D eigenvalue weighted by molar-refractivity contribution is 0.0595. The zero-order chi connectivity index (χ0) is 20.9. The molecule has 2 amide bonds. The second-order valence-corrected chi connectivity index (χ2v) is 8.20. The highest BCUT2D eigenvalue weighted by Gasteiger charge is 2.25. The van der Waals surface area contributed by atoms with E-state index < -0.39 is 0 Å². The van der Waals surface area contributed by atoms with Gasteiger partial charge in [0.25, 0.3) is 11.8 Å². The number of amides is 2. The number of aryl methyl sites for hydroxylation is 1. The highest BCUT2D eigenvalue weighted by molar-refractivity contribution is 7.08. The van der Waals surface area contributed by atoms with E-state index in [1.807, 2.05) is 65.0 Å². The molecular weight excluding hydrogens is 396 g/mol. The molecule has 3 aromatic rings. The highest BCUT2D eigenvalue weighted by atomic mass is 32.1. The Morgan fingerprint density at radius 3 is 2.50 bits per heavy atom. The van der Waals surface area contributed by atoms with Crippen LogP contribution in [0.2, 0.25) is 0 Å². The summed E-state index contributed by atoms with van der Waals surface area (Å²) >= 11 is 1.54. The minimum atomic E-state index is -0.148. The van der Waals surface area contributed by atoms with Gasteiger partial charge < -0.3 is 15.0 Å². The van der Waals surface area contributed by atoms with Crippen LogP contribution in [0.5, 0.6) is 5.75 Å². The number of carbonyl (C=O) groups is 2. The molecule has 0 radical (unpaired) electrons. The lowest BCUT2D eigenvalue weighted by Crippen LogP contribution is -2.41. The topological polar surface area (TPSA) is 58.6 Å². The number of likely N-dealkylation sites (tertiary alicyclic amines) is 1. The molecule has 2 aromatic carbocycles. The molecule has 2 heterocycles. The summed E-state index contributed by atoms with van der Waals surface area (Å²) in [5.41, 5.74) is 3.10. The summed E-state index contributed by atoms with van der Waals surface area (Å²) in [4.78, 5) is 26.8. The Kier molecular flexibility index (Phi) is 6.14. The van der Waals surface area contributed by atoms with E-state index in [4.69, 9.17) is 4.74 Å². The highest BCUT2D eigenvalue weighted by Crippen LogP contribution is 2.27. The van der Waals surface area contributed by atoms with Crippen molar-refractivity contribution in [1.82, 2.24) is 4.90 Å². The fourth-order valence-corrected chi connectivity index (χ4v) is 4.15. The van der Waals surface area contributed by atoms with E-state index in [9.17, 15) is 9.59 Å². The van der Waals surface area contributed by atoms with Gasteiger partial charge in [0.2, 0.25) is 0 Å². The largest absolute Gasteiger partial charge is 0.490 e. The average molecular weight is 421 g/mol. The molecule has 1 fully saturated rings. The molecule has 0 spiro atoms. The third kappa shape index (κ3) is 4.71. The first kappa shape index (κ1) is 20.2. The van der Waals surface area contributed by atoms with Crippen LogP contribution in [0.4, 0.5) is 5.69 Å². The quantitative estimate of drug-likeness (QED) is 0.632. The Morgan fingerprint density at radius 2 is 1.80 bits per heavy atom. The lowest BCUT2D eigenvalue weighted by Gasteiger charge is -2.32. The van der Waals surface area contributed by atoms with Gasteiger partial charge in [0.05, 0.1) is 5.56 Å². The number of nitrogens with one attached hydrogen (secondary N) is 1. The van der Waals surface area contributed by atoms with Crippen molar-refractivity contribution in [3.05, 3.63) is 82.0 Å². The molecule has 1 aliphatic heterocycles. The zero-order valence-electron chi connectivity index (χ0n) is 16.8. The molecule has 154 valence electrons. The average Bonchev–Trinajstić information content (AvgIpc) is 3.32. The van der Waals surface area contributed by atoms with Crippen molar-refractivity contribution in [2.24, 2.45) is 0 Å². The number of carbonyl (C=O) groups excluding carboxylic acids is 2. The second kappa shape index (κ2) is 9.13. The molecule has 5 nitrogen and oxygen atoms in total. The van der Waals surface area contributed by atoms with Crippen molar-refractivity contribution < 1.29 is 14.3 Å². The van der Waals surface area contributed by atoms with Gasteiger partial charge in [-0.2, -0.15) is 11.3 Å².